The number of hydrogen-bond donors (Lipinski definition) is 0. The molecule has 0 aliphatic carbocycles. The molecule has 0 bridgehead atoms. The topological polar surface area (TPSA) is 57.2 Å². The van der Waals surface area contributed by atoms with E-state index < -0.39 is 5.63 Å². The summed E-state index contributed by atoms with van der Waals surface area (Å²) in [6.45, 7) is 8.03. The highest BCUT2D eigenvalue weighted by Crippen LogP contribution is 2.33. The van der Waals surface area contributed by atoms with Crippen LogP contribution >= 0.6 is 0 Å². The van der Waals surface area contributed by atoms with Gasteiger partial charge in [0.1, 0.15) is 11.7 Å². The third-order valence-electron chi connectivity index (χ3n) is 4.71. The van der Waals surface area contributed by atoms with Crippen LogP contribution in [0.4, 0.5) is 5.69 Å². The molecule has 0 amide bonds. The Hall–Kier alpha value is -2.28. The van der Waals surface area contributed by atoms with Gasteiger partial charge in [-0.25, -0.2) is 4.79 Å². The van der Waals surface area contributed by atoms with E-state index in [1.165, 1.54) is 0 Å². The zero-order chi connectivity index (χ0) is 15.9. The Morgan fingerprint density at radius 3 is 2.50 bits per heavy atom. The van der Waals surface area contributed by atoms with E-state index in [9.17, 15) is 10.1 Å². The minimum absolute atomic E-state index is 0.130. The lowest BCUT2D eigenvalue weighted by Gasteiger charge is -2.33. The summed E-state index contributed by atoms with van der Waals surface area (Å²) in [7, 11) is 0. The normalized spacial score (nSPS) is 16.0. The molecule has 0 spiro atoms. The second kappa shape index (κ2) is 5.49. The van der Waals surface area contributed by atoms with Crippen LogP contribution in [0, 0.1) is 31.1 Å². The molecule has 0 N–H and O–H groups in total. The van der Waals surface area contributed by atoms with Crippen LogP contribution < -0.4 is 10.5 Å². The van der Waals surface area contributed by atoms with E-state index in [2.05, 4.69) is 17.9 Å². The summed E-state index contributed by atoms with van der Waals surface area (Å²) in [6, 6.07) is 5.97. The number of hydrogen-bond acceptors (Lipinski definition) is 4. The van der Waals surface area contributed by atoms with E-state index in [0.717, 1.165) is 48.1 Å². The second-order valence-corrected chi connectivity index (χ2v) is 6.33. The van der Waals surface area contributed by atoms with Crippen molar-refractivity contribution in [2.24, 2.45) is 5.92 Å². The lowest BCUT2D eigenvalue weighted by Crippen LogP contribution is -2.34. The van der Waals surface area contributed by atoms with Gasteiger partial charge >= 0.3 is 5.63 Å². The number of aryl methyl sites for hydroxylation is 2. The van der Waals surface area contributed by atoms with Crippen LogP contribution in [0.25, 0.3) is 11.0 Å². The number of piperidine rings is 1. The predicted molar refractivity (Wildman–Crippen MR) is 87.3 cm³/mol. The quantitative estimate of drug-likeness (QED) is 0.756. The van der Waals surface area contributed by atoms with E-state index in [1.807, 2.05) is 26.0 Å². The summed E-state index contributed by atoms with van der Waals surface area (Å²) in [5, 5.41) is 10.3. The van der Waals surface area contributed by atoms with Crippen molar-refractivity contribution < 1.29 is 4.42 Å². The molecule has 1 aromatic heterocycles. The molecule has 1 saturated heterocycles. The molecule has 114 valence electrons. The number of rotatable bonds is 1. The Morgan fingerprint density at radius 1 is 1.23 bits per heavy atom. The Morgan fingerprint density at radius 2 is 1.86 bits per heavy atom. The Bertz CT molecular complexity index is 822. The molecule has 2 heterocycles. The first-order chi connectivity index (χ1) is 10.5. The zero-order valence-electron chi connectivity index (χ0n) is 13.3. The van der Waals surface area contributed by atoms with Gasteiger partial charge in [-0.3, -0.25) is 0 Å². The van der Waals surface area contributed by atoms with Crippen LogP contribution in [0.2, 0.25) is 0 Å². The number of benzene rings is 1. The fraction of sp³-hybridized carbons (Fsp3) is 0.444. The molecule has 0 radical (unpaired) electrons. The summed E-state index contributed by atoms with van der Waals surface area (Å²) in [4.78, 5) is 14.3. The number of anilines is 1. The molecular weight excluding hydrogens is 276 g/mol. The van der Waals surface area contributed by atoms with Gasteiger partial charge in [0.2, 0.25) is 0 Å². The van der Waals surface area contributed by atoms with E-state index in [1.54, 1.807) is 0 Å². The van der Waals surface area contributed by atoms with Gasteiger partial charge in [-0.2, -0.15) is 5.26 Å². The molecule has 0 unspecified atom stereocenters. The molecule has 22 heavy (non-hydrogen) atoms. The molecule has 1 fully saturated rings. The van der Waals surface area contributed by atoms with Crippen LogP contribution in [-0.2, 0) is 0 Å². The fourth-order valence-corrected chi connectivity index (χ4v) is 3.10. The Kier molecular flexibility index (Phi) is 3.66. The van der Waals surface area contributed by atoms with Gasteiger partial charge in [0.25, 0.3) is 0 Å². The van der Waals surface area contributed by atoms with Crippen LogP contribution in [0.5, 0.6) is 0 Å². The maximum Gasteiger partial charge on any atom is 0.356 e. The molecule has 0 atom stereocenters. The highest BCUT2D eigenvalue weighted by atomic mass is 16.4. The highest BCUT2D eigenvalue weighted by molar-refractivity contribution is 5.94. The van der Waals surface area contributed by atoms with Gasteiger partial charge in [0, 0.05) is 18.5 Å². The van der Waals surface area contributed by atoms with Gasteiger partial charge in [0.15, 0.2) is 5.56 Å². The third-order valence-corrected chi connectivity index (χ3v) is 4.71. The largest absolute Gasteiger partial charge is 0.422 e. The minimum Gasteiger partial charge on any atom is -0.422 e. The maximum absolute atomic E-state index is 12.2. The molecule has 3 rings (SSSR count). The number of nitrogens with zero attached hydrogens (tertiary/aromatic N) is 2. The Labute approximate surface area is 130 Å². The summed E-state index contributed by atoms with van der Waals surface area (Å²) < 4.78 is 5.37. The fourth-order valence-electron chi connectivity index (χ4n) is 3.10. The van der Waals surface area contributed by atoms with Gasteiger partial charge in [-0.05, 0) is 55.9 Å². The van der Waals surface area contributed by atoms with Crippen molar-refractivity contribution in [3.63, 3.8) is 0 Å². The highest BCUT2D eigenvalue weighted by Gasteiger charge is 2.24. The van der Waals surface area contributed by atoms with Crippen LogP contribution in [0.15, 0.2) is 21.3 Å². The van der Waals surface area contributed by atoms with E-state index >= 15 is 0 Å². The molecule has 1 aromatic carbocycles. The zero-order valence-corrected chi connectivity index (χ0v) is 13.3. The minimum atomic E-state index is -0.535. The second-order valence-electron chi connectivity index (χ2n) is 6.33. The Balaban J connectivity index is 2.27. The monoisotopic (exact) mass is 296 g/mol. The van der Waals surface area contributed by atoms with Crippen LogP contribution in [0.1, 0.15) is 36.5 Å². The van der Waals surface area contributed by atoms with Crippen molar-refractivity contribution in [3.05, 3.63) is 39.2 Å². The molecule has 0 saturated carbocycles. The average molecular weight is 296 g/mol. The third kappa shape index (κ3) is 2.37. The molecule has 2 aromatic rings. The van der Waals surface area contributed by atoms with Crippen molar-refractivity contribution in [2.45, 2.75) is 33.6 Å². The van der Waals surface area contributed by atoms with Crippen molar-refractivity contribution in [3.8, 4) is 6.07 Å². The standard InChI is InChI=1S/C18H20N2O2/c1-11-4-6-20(7-5-11)17-14-8-12(2)13(3)9-16(14)22-18(21)15(17)10-19/h8-9,11H,4-7H2,1-3H3. The first-order valence-corrected chi connectivity index (χ1v) is 7.74. The summed E-state index contributed by atoms with van der Waals surface area (Å²) in [5.41, 5.74) is 3.14. The van der Waals surface area contributed by atoms with Gasteiger partial charge in [0.05, 0.1) is 5.69 Å². The van der Waals surface area contributed by atoms with Gasteiger partial charge in [-0.15, -0.1) is 0 Å². The van der Waals surface area contributed by atoms with Crippen molar-refractivity contribution in [2.75, 3.05) is 18.0 Å². The molecular formula is C18H20N2O2. The van der Waals surface area contributed by atoms with Crippen molar-refractivity contribution in [1.29, 1.82) is 5.26 Å². The smallest absolute Gasteiger partial charge is 0.356 e. The van der Waals surface area contributed by atoms with Gasteiger partial charge < -0.3 is 9.32 Å². The first kappa shape index (κ1) is 14.6. The van der Waals surface area contributed by atoms with Crippen LogP contribution in [-0.4, -0.2) is 13.1 Å². The number of nitriles is 1. The van der Waals surface area contributed by atoms with Gasteiger partial charge in [-0.1, -0.05) is 6.92 Å². The molecule has 1 aliphatic rings. The summed E-state index contributed by atoms with van der Waals surface area (Å²) >= 11 is 0. The lowest BCUT2D eigenvalue weighted by atomic mass is 9.97. The maximum atomic E-state index is 12.2. The van der Waals surface area contributed by atoms with Crippen LogP contribution in [0.3, 0.4) is 0 Å². The van der Waals surface area contributed by atoms with E-state index in [-0.39, 0.29) is 5.56 Å². The summed E-state index contributed by atoms with van der Waals surface area (Å²) in [6.07, 6.45) is 2.16. The molecule has 1 aliphatic heterocycles. The molecule has 4 heteroatoms. The van der Waals surface area contributed by atoms with E-state index in [0.29, 0.717) is 11.5 Å². The van der Waals surface area contributed by atoms with Crippen molar-refractivity contribution >= 4 is 16.7 Å². The predicted octanol–water partition coefficient (Wildman–Crippen LogP) is 3.52. The average Bonchev–Trinajstić information content (AvgIpc) is 2.49. The van der Waals surface area contributed by atoms with E-state index in [4.69, 9.17) is 4.42 Å². The number of fused-ring (bicyclic) bond motifs is 1. The first-order valence-electron chi connectivity index (χ1n) is 7.74. The molecule has 4 nitrogen and oxygen atoms in total. The lowest BCUT2D eigenvalue weighted by molar-refractivity contribution is 0.438. The summed E-state index contributed by atoms with van der Waals surface area (Å²) in [5.74, 6) is 0.692. The SMILES string of the molecule is Cc1cc2oc(=O)c(C#N)c(N3CCC(C)CC3)c2cc1C. The van der Waals surface area contributed by atoms with Crippen molar-refractivity contribution in [1.82, 2.24) is 0 Å².